The molecule has 0 aliphatic carbocycles. The maximum Gasteiger partial charge on any atom is 0.131 e. The van der Waals surface area contributed by atoms with Gasteiger partial charge in [-0.3, -0.25) is 0 Å². The molecule has 2 heteroatoms. The second-order valence-electron chi connectivity index (χ2n) is 1.80. The van der Waals surface area contributed by atoms with Gasteiger partial charge in [0.25, 0.3) is 0 Å². The zero-order chi connectivity index (χ0) is 6.57. The Morgan fingerprint density at radius 1 is 1.75 bits per heavy atom. The molecular weight excluding hydrogens is 110 g/mol. The molecule has 0 rings (SSSR count). The summed E-state index contributed by atoms with van der Waals surface area (Å²) in [6.45, 7) is 3.46. The fraction of sp³-hybridized carbons (Fsp3) is 0.667. The van der Waals surface area contributed by atoms with E-state index in [1.54, 1.807) is 6.92 Å². The molecule has 0 N–H and O–H groups in total. The Hall–Kier alpha value is -0.400. The third-order valence-corrected chi connectivity index (χ3v) is 1.19. The molecule has 0 amide bonds. The van der Waals surface area contributed by atoms with Gasteiger partial charge >= 0.3 is 0 Å². The van der Waals surface area contributed by atoms with Gasteiger partial charge in [0.2, 0.25) is 0 Å². The number of allylic oxidation sites excluding steroid dienone is 1. The van der Waals surface area contributed by atoms with Crippen LogP contribution in [0.5, 0.6) is 0 Å². The van der Waals surface area contributed by atoms with Crippen LogP contribution in [0.3, 0.4) is 0 Å². The molecule has 0 fully saturated rings. The smallest absolute Gasteiger partial charge is 0.131 e. The SMILES string of the molecule is CCC(C)C(F)=CF. The molecule has 0 aromatic carbocycles. The highest BCUT2D eigenvalue weighted by molar-refractivity contribution is 4.89. The van der Waals surface area contributed by atoms with E-state index in [1.165, 1.54) is 0 Å². The van der Waals surface area contributed by atoms with Crippen LogP contribution in [0.4, 0.5) is 8.78 Å². The van der Waals surface area contributed by atoms with Crippen molar-refractivity contribution in [3.63, 3.8) is 0 Å². The van der Waals surface area contributed by atoms with Gasteiger partial charge in [-0.25, -0.2) is 8.78 Å². The normalized spacial score (nSPS) is 16.2. The average Bonchev–Trinajstić information content (AvgIpc) is 1.84. The quantitative estimate of drug-likeness (QED) is 0.525. The number of hydrogen-bond donors (Lipinski definition) is 0. The fourth-order valence-corrected chi connectivity index (χ4v) is 0.303. The summed E-state index contributed by atoms with van der Waals surface area (Å²) in [5.74, 6) is -0.924. The van der Waals surface area contributed by atoms with Gasteiger partial charge in [-0.1, -0.05) is 13.8 Å². The van der Waals surface area contributed by atoms with Crippen molar-refractivity contribution < 1.29 is 8.78 Å². The van der Waals surface area contributed by atoms with Crippen molar-refractivity contribution in [2.45, 2.75) is 20.3 Å². The van der Waals surface area contributed by atoms with Gasteiger partial charge in [0, 0.05) is 5.92 Å². The van der Waals surface area contributed by atoms with Crippen molar-refractivity contribution >= 4 is 0 Å². The summed E-state index contributed by atoms with van der Waals surface area (Å²) >= 11 is 0. The molecule has 1 unspecified atom stereocenters. The molecule has 48 valence electrons. The van der Waals surface area contributed by atoms with Gasteiger partial charge in [-0.2, -0.15) is 0 Å². The summed E-state index contributed by atoms with van der Waals surface area (Å²) in [7, 11) is 0. The minimum absolute atomic E-state index is 0.0220. The summed E-state index contributed by atoms with van der Waals surface area (Å²) in [5.41, 5.74) is 0. The fourth-order valence-electron chi connectivity index (χ4n) is 0.303. The Kier molecular flexibility index (Phi) is 3.40. The Bertz CT molecular complexity index is 86.5. The van der Waals surface area contributed by atoms with E-state index in [-0.39, 0.29) is 12.2 Å². The number of rotatable bonds is 2. The van der Waals surface area contributed by atoms with Crippen LogP contribution in [0, 0.1) is 5.92 Å². The first-order valence-corrected chi connectivity index (χ1v) is 2.68. The summed E-state index contributed by atoms with van der Waals surface area (Å²) in [6.07, 6.45) is 0.667. The summed E-state index contributed by atoms with van der Waals surface area (Å²) in [4.78, 5) is 0. The maximum absolute atomic E-state index is 12.0. The zero-order valence-electron chi connectivity index (χ0n) is 5.12. The molecule has 0 bridgehead atoms. The first-order valence-electron chi connectivity index (χ1n) is 2.68. The highest BCUT2D eigenvalue weighted by Gasteiger charge is 2.03. The molecule has 0 aliphatic rings. The number of halogens is 2. The van der Waals surface area contributed by atoms with Crippen LogP contribution in [0.1, 0.15) is 20.3 Å². The van der Waals surface area contributed by atoms with Crippen molar-refractivity contribution in [1.29, 1.82) is 0 Å². The van der Waals surface area contributed by atoms with E-state index in [2.05, 4.69) is 0 Å². The van der Waals surface area contributed by atoms with Crippen molar-refractivity contribution in [1.82, 2.24) is 0 Å². The van der Waals surface area contributed by atoms with E-state index in [0.29, 0.717) is 6.42 Å². The Balaban J connectivity index is 3.63. The topological polar surface area (TPSA) is 0 Å². The molecule has 0 aromatic rings. The highest BCUT2D eigenvalue weighted by atomic mass is 19.2. The second-order valence-corrected chi connectivity index (χ2v) is 1.80. The second kappa shape index (κ2) is 3.58. The van der Waals surface area contributed by atoms with Crippen LogP contribution in [-0.2, 0) is 0 Å². The van der Waals surface area contributed by atoms with Gasteiger partial charge < -0.3 is 0 Å². The van der Waals surface area contributed by atoms with Crippen LogP contribution in [-0.4, -0.2) is 0 Å². The maximum atomic E-state index is 12.0. The molecule has 0 saturated carbocycles. The first kappa shape index (κ1) is 7.60. The lowest BCUT2D eigenvalue weighted by Crippen LogP contribution is -1.90. The van der Waals surface area contributed by atoms with Gasteiger partial charge in [0.05, 0.1) is 0 Å². The van der Waals surface area contributed by atoms with E-state index in [4.69, 9.17) is 0 Å². The van der Waals surface area contributed by atoms with Gasteiger partial charge in [0.1, 0.15) is 12.2 Å². The predicted octanol–water partition coefficient (Wildman–Crippen LogP) is 2.81. The van der Waals surface area contributed by atoms with Gasteiger partial charge in [-0.05, 0) is 6.42 Å². The molecule has 0 aromatic heterocycles. The van der Waals surface area contributed by atoms with Crippen molar-refractivity contribution in [2.75, 3.05) is 0 Å². The largest absolute Gasteiger partial charge is 0.213 e. The lowest BCUT2D eigenvalue weighted by atomic mass is 10.1. The average molecular weight is 120 g/mol. The Morgan fingerprint density at radius 3 is 2.38 bits per heavy atom. The van der Waals surface area contributed by atoms with Crippen molar-refractivity contribution in [3.05, 3.63) is 12.2 Å². The van der Waals surface area contributed by atoms with Crippen LogP contribution in [0.15, 0.2) is 12.2 Å². The van der Waals surface area contributed by atoms with E-state index >= 15 is 0 Å². The van der Waals surface area contributed by atoms with E-state index in [9.17, 15) is 8.78 Å². The van der Waals surface area contributed by atoms with E-state index < -0.39 is 5.83 Å². The standard InChI is InChI=1S/C6H10F2/c1-3-5(2)6(8)4-7/h4-5H,3H2,1-2H3. The number of hydrogen-bond acceptors (Lipinski definition) is 0. The molecule has 0 nitrogen and oxygen atoms in total. The molecular formula is C6H10F2. The molecule has 0 heterocycles. The van der Waals surface area contributed by atoms with Crippen LogP contribution < -0.4 is 0 Å². The molecule has 1 atom stereocenters. The molecule has 0 saturated heterocycles. The van der Waals surface area contributed by atoms with Crippen molar-refractivity contribution in [2.24, 2.45) is 5.92 Å². The monoisotopic (exact) mass is 120 g/mol. The van der Waals surface area contributed by atoms with Gasteiger partial charge in [-0.15, -0.1) is 0 Å². The molecule has 0 aliphatic heterocycles. The zero-order valence-corrected chi connectivity index (χ0v) is 5.12. The summed E-state index contributed by atoms with van der Waals surface area (Å²) in [5, 5.41) is 0. The lowest BCUT2D eigenvalue weighted by molar-refractivity contribution is 0.459. The van der Waals surface area contributed by atoms with E-state index in [1.807, 2.05) is 6.92 Å². The molecule has 0 spiro atoms. The van der Waals surface area contributed by atoms with Crippen LogP contribution >= 0.6 is 0 Å². The van der Waals surface area contributed by atoms with E-state index in [0.717, 1.165) is 0 Å². The lowest BCUT2D eigenvalue weighted by Gasteiger charge is -2.00. The van der Waals surface area contributed by atoms with Gasteiger partial charge in [0.15, 0.2) is 0 Å². The van der Waals surface area contributed by atoms with Crippen LogP contribution in [0.2, 0.25) is 0 Å². The molecule has 8 heavy (non-hydrogen) atoms. The highest BCUT2D eigenvalue weighted by Crippen LogP contribution is 2.14. The predicted molar refractivity (Wildman–Crippen MR) is 29.8 cm³/mol. The third-order valence-electron chi connectivity index (χ3n) is 1.19. The molecule has 0 radical (unpaired) electrons. The van der Waals surface area contributed by atoms with Crippen molar-refractivity contribution in [3.8, 4) is 0 Å². The Morgan fingerprint density at radius 2 is 2.25 bits per heavy atom. The third kappa shape index (κ3) is 2.05. The first-order chi connectivity index (χ1) is 3.72. The minimum Gasteiger partial charge on any atom is -0.213 e. The Labute approximate surface area is 48.2 Å². The minimum atomic E-state index is -0.660. The summed E-state index contributed by atoms with van der Waals surface area (Å²) < 4.78 is 23.3. The van der Waals surface area contributed by atoms with Crippen LogP contribution in [0.25, 0.3) is 0 Å². The summed E-state index contributed by atoms with van der Waals surface area (Å²) in [6, 6.07) is 0.